The van der Waals surface area contributed by atoms with Crippen molar-refractivity contribution >= 4 is 22.1 Å². The molecule has 4 rings (SSSR count). The molecule has 3 heteroatoms. The van der Waals surface area contributed by atoms with Gasteiger partial charge < -0.3 is 10.6 Å². The molecule has 2 heterocycles. The second kappa shape index (κ2) is 4.65. The molecule has 0 radical (unpaired) electrons. The lowest BCUT2D eigenvalue weighted by Gasteiger charge is -2.40. The molecule has 2 atom stereocenters. The third-order valence-electron chi connectivity index (χ3n) is 5.13. The number of pyridine rings is 1. The molecule has 1 aromatic carbocycles. The molecular formula is C17H21N3. The van der Waals surface area contributed by atoms with E-state index < -0.39 is 0 Å². The number of nitrogen functional groups attached to an aromatic ring is 1. The van der Waals surface area contributed by atoms with Crippen LogP contribution in [0.2, 0.25) is 0 Å². The number of nitrogens with zero attached hydrogens (tertiary/aromatic N) is 2. The Balaban J connectivity index is 1.83. The molecule has 2 N–H and O–H groups in total. The first-order valence-electron chi connectivity index (χ1n) is 7.73. The number of anilines is 2. The Morgan fingerprint density at radius 2 is 1.95 bits per heavy atom. The zero-order valence-electron chi connectivity index (χ0n) is 11.8. The van der Waals surface area contributed by atoms with Crippen LogP contribution < -0.4 is 10.6 Å². The summed E-state index contributed by atoms with van der Waals surface area (Å²) in [6, 6.07) is 7.01. The van der Waals surface area contributed by atoms with E-state index in [1.165, 1.54) is 49.7 Å². The van der Waals surface area contributed by atoms with Gasteiger partial charge in [-0.25, -0.2) is 0 Å². The van der Waals surface area contributed by atoms with Gasteiger partial charge in [-0.1, -0.05) is 6.42 Å². The summed E-state index contributed by atoms with van der Waals surface area (Å²) in [7, 11) is 0. The van der Waals surface area contributed by atoms with E-state index in [1.807, 2.05) is 18.5 Å². The van der Waals surface area contributed by atoms with Crippen molar-refractivity contribution in [2.75, 3.05) is 17.2 Å². The molecule has 20 heavy (non-hydrogen) atoms. The summed E-state index contributed by atoms with van der Waals surface area (Å²) < 4.78 is 0. The van der Waals surface area contributed by atoms with Gasteiger partial charge in [0.25, 0.3) is 0 Å². The van der Waals surface area contributed by atoms with Crippen molar-refractivity contribution in [3.63, 3.8) is 0 Å². The van der Waals surface area contributed by atoms with Crippen molar-refractivity contribution in [1.82, 2.24) is 4.98 Å². The number of aromatic nitrogens is 1. The molecule has 2 fully saturated rings. The Bertz CT molecular complexity index is 637. The number of fused-ring (bicyclic) bond motifs is 2. The van der Waals surface area contributed by atoms with Crippen LogP contribution in [-0.2, 0) is 0 Å². The van der Waals surface area contributed by atoms with Gasteiger partial charge in [-0.05, 0) is 49.8 Å². The smallest absolute Gasteiger partial charge is 0.0465 e. The maximum absolute atomic E-state index is 6.12. The van der Waals surface area contributed by atoms with Crippen LogP contribution in [0.1, 0.15) is 32.1 Å². The first-order chi connectivity index (χ1) is 9.84. The average molecular weight is 267 g/mol. The monoisotopic (exact) mass is 267 g/mol. The molecule has 1 aromatic heterocycles. The highest BCUT2D eigenvalue weighted by molar-refractivity contribution is 6.00. The van der Waals surface area contributed by atoms with E-state index in [0.717, 1.165) is 23.0 Å². The zero-order chi connectivity index (χ0) is 13.5. The van der Waals surface area contributed by atoms with E-state index in [4.69, 9.17) is 5.73 Å². The van der Waals surface area contributed by atoms with Crippen LogP contribution in [0.4, 0.5) is 11.4 Å². The topological polar surface area (TPSA) is 42.1 Å². The van der Waals surface area contributed by atoms with E-state index in [-0.39, 0.29) is 0 Å². The molecule has 1 aliphatic carbocycles. The minimum absolute atomic E-state index is 0.732. The molecule has 0 bridgehead atoms. The fourth-order valence-corrected chi connectivity index (χ4v) is 4.20. The summed E-state index contributed by atoms with van der Waals surface area (Å²) in [5.41, 5.74) is 8.30. The lowest BCUT2D eigenvalue weighted by atomic mass is 9.91. The van der Waals surface area contributed by atoms with Gasteiger partial charge in [-0.3, -0.25) is 4.98 Å². The highest BCUT2D eigenvalue weighted by Crippen LogP contribution is 2.41. The van der Waals surface area contributed by atoms with Crippen molar-refractivity contribution in [1.29, 1.82) is 0 Å². The van der Waals surface area contributed by atoms with Crippen LogP contribution in [0.15, 0.2) is 30.6 Å². The number of piperidine rings is 1. The molecule has 2 aromatic rings. The Morgan fingerprint density at radius 1 is 1.05 bits per heavy atom. The highest BCUT2D eigenvalue weighted by Gasteiger charge is 2.35. The molecule has 104 valence electrons. The second-order valence-corrected chi connectivity index (χ2v) is 6.19. The zero-order valence-corrected chi connectivity index (χ0v) is 11.8. The summed E-state index contributed by atoms with van der Waals surface area (Å²) in [4.78, 5) is 6.94. The van der Waals surface area contributed by atoms with Crippen LogP contribution in [0, 0.1) is 5.92 Å². The van der Waals surface area contributed by atoms with Crippen LogP contribution in [0.25, 0.3) is 10.8 Å². The fourth-order valence-electron chi connectivity index (χ4n) is 4.20. The van der Waals surface area contributed by atoms with Gasteiger partial charge in [0.1, 0.15) is 0 Å². The predicted octanol–water partition coefficient (Wildman–Crippen LogP) is 3.59. The lowest BCUT2D eigenvalue weighted by Crippen LogP contribution is -2.42. The Labute approximate surface area is 119 Å². The van der Waals surface area contributed by atoms with E-state index in [0.29, 0.717) is 0 Å². The summed E-state index contributed by atoms with van der Waals surface area (Å²) in [6.07, 6.45) is 10.7. The Hall–Kier alpha value is -1.77. The minimum Gasteiger partial charge on any atom is -0.398 e. The average Bonchev–Trinajstić information content (AvgIpc) is 2.97. The quantitative estimate of drug-likeness (QED) is 0.803. The van der Waals surface area contributed by atoms with Crippen LogP contribution in [0.5, 0.6) is 0 Å². The third kappa shape index (κ3) is 1.76. The normalized spacial score (nSPS) is 25.9. The molecule has 1 saturated heterocycles. The van der Waals surface area contributed by atoms with E-state index in [2.05, 4.69) is 22.0 Å². The maximum Gasteiger partial charge on any atom is 0.0465 e. The summed E-state index contributed by atoms with van der Waals surface area (Å²) in [6.45, 7) is 1.18. The number of benzene rings is 1. The van der Waals surface area contributed by atoms with Crippen LogP contribution >= 0.6 is 0 Å². The van der Waals surface area contributed by atoms with Crippen molar-refractivity contribution in [2.45, 2.75) is 38.1 Å². The number of hydrogen-bond donors (Lipinski definition) is 1. The van der Waals surface area contributed by atoms with E-state index in [1.54, 1.807) is 0 Å². The van der Waals surface area contributed by atoms with Crippen molar-refractivity contribution in [2.24, 2.45) is 5.92 Å². The van der Waals surface area contributed by atoms with Gasteiger partial charge >= 0.3 is 0 Å². The molecule has 0 amide bonds. The number of rotatable bonds is 1. The van der Waals surface area contributed by atoms with Crippen LogP contribution in [-0.4, -0.2) is 17.6 Å². The highest BCUT2D eigenvalue weighted by atomic mass is 15.2. The second-order valence-electron chi connectivity index (χ2n) is 6.19. The van der Waals surface area contributed by atoms with Gasteiger partial charge in [0.15, 0.2) is 0 Å². The van der Waals surface area contributed by atoms with E-state index in [9.17, 15) is 0 Å². The Kier molecular flexibility index (Phi) is 2.79. The molecule has 3 nitrogen and oxygen atoms in total. The molecular weight excluding hydrogens is 246 g/mol. The summed E-state index contributed by atoms with van der Waals surface area (Å²) in [5.74, 6) is 0.896. The van der Waals surface area contributed by atoms with Gasteiger partial charge in [-0.2, -0.15) is 0 Å². The summed E-state index contributed by atoms with van der Waals surface area (Å²) in [5, 5.41) is 2.35. The van der Waals surface area contributed by atoms with E-state index >= 15 is 0 Å². The van der Waals surface area contributed by atoms with Crippen LogP contribution in [0.3, 0.4) is 0 Å². The molecule has 2 unspecified atom stereocenters. The number of nitrogens with two attached hydrogens (primary N) is 1. The predicted molar refractivity (Wildman–Crippen MR) is 83.9 cm³/mol. The standard InChI is InChI=1S/C17H21N3/c18-15-6-7-17(14-11-19-9-8-13(14)15)20-10-2-4-12-3-1-5-16(12)20/h6-9,11-12,16H,1-5,10,18H2. The maximum atomic E-state index is 6.12. The molecule has 2 aliphatic rings. The van der Waals surface area contributed by atoms with Gasteiger partial charge in [0, 0.05) is 47.1 Å². The molecule has 1 saturated carbocycles. The summed E-state index contributed by atoms with van der Waals surface area (Å²) >= 11 is 0. The largest absolute Gasteiger partial charge is 0.398 e. The van der Waals surface area contributed by atoms with Crippen molar-refractivity contribution < 1.29 is 0 Å². The first kappa shape index (κ1) is 12.0. The Morgan fingerprint density at radius 3 is 2.90 bits per heavy atom. The first-order valence-corrected chi connectivity index (χ1v) is 7.73. The number of hydrogen-bond acceptors (Lipinski definition) is 3. The van der Waals surface area contributed by atoms with Gasteiger partial charge in [0.2, 0.25) is 0 Å². The molecule has 1 aliphatic heterocycles. The SMILES string of the molecule is Nc1ccc(N2CCCC3CCCC32)c2cnccc12. The lowest BCUT2D eigenvalue weighted by molar-refractivity contribution is 0.363. The van der Waals surface area contributed by atoms with Crippen molar-refractivity contribution in [3.8, 4) is 0 Å². The molecule has 0 spiro atoms. The van der Waals surface area contributed by atoms with Gasteiger partial charge in [-0.15, -0.1) is 0 Å². The minimum atomic E-state index is 0.732. The van der Waals surface area contributed by atoms with Gasteiger partial charge in [0.05, 0.1) is 0 Å². The third-order valence-corrected chi connectivity index (χ3v) is 5.13. The fraction of sp³-hybridized carbons (Fsp3) is 0.471. The van der Waals surface area contributed by atoms with Crippen molar-refractivity contribution in [3.05, 3.63) is 30.6 Å².